The first-order valence-corrected chi connectivity index (χ1v) is 5.95. The van der Waals surface area contributed by atoms with Crippen molar-refractivity contribution in [3.63, 3.8) is 0 Å². The molecule has 0 spiro atoms. The molecule has 3 atom stereocenters. The summed E-state index contributed by atoms with van der Waals surface area (Å²) in [4.78, 5) is 32.2. The van der Waals surface area contributed by atoms with Gasteiger partial charge in [-0.2, -0.15) is 4.98 Å². The van der Waals surface area contributed by atoms with Crippen LogP contribution in [0, 0.1) is 0 Å². The highest BCUT2D eigenvalue weighted by Gasteiger charge is 2.36. The maximum atomic E-state index is 11.9. The number of rotatable bonds is 2. The number of hydrogen-bond donors (Lipinski definition) is 5. The van der Waals surface area contributed by atoms with Gasteiger partial charge in [-0.25, -0.2) is 9.36 Å². The van der Waals surface area contributed by atoms with E-state index in [1.807, 2.05) is 0 Å². The van der Waals surface area contributed by atoms with Gasteiger partial charge in [0.25, 0.3) is 5.56 Å². The van der Waals surface area contributed by atoms with E-state index in [2.05, 4.69) is 15.0 Å². The summed E-state index contributed by atoms with van der Waals surface area (Å²) in [7, 11) is 0. The Morgan fingerprint density at radius 3 is 2.85 bits per heavy atom. The Morgan fingerprint density at radius 1 is 1.45 bits per heavy atom. The Hall–Kier alpha value is -2.17. The fourth-order valence-corrected chi connectivity index (χ4v) is 2.33. The van der Waals surface area contributed by atoms with Gasteiger partial charge in [0.1, 0.15) is 12.3 Å². The van der Waals surface area contributed by atoms with E-state index in [1.54, 1.807) is 0 Å². The fourth-order valence-electron chi connectivity index (χ4n) is 2.33. The monoisotopic (exact) mass is 286 g/mol. The Kier molecular flexibility index (Phi) is 2.85. The highest BCUT2D eigenvalue weighted by molar-refractivity contribution is 5.70. The molecule has 1 aliphatic rings. The van der Waals surface area contributed by atoms with E-state index < -0.39 is 29.7 Å². The molecule has 108 valence electrons. The van der Waals surface area contributed by atoms with Gasteiger partial charge in [-0.05, 0) is 0 Å². The number of H-pyrrole nitrogens is 2. The maximum Gasteiger partial charge on any atom is 0.329 e. The average molecular weight is 286 g/mol. The number of aromatic amines is 2. The van der Waals surface area contributed by atoms with Gasteiger partial charge in [-0.15, -0.1) is 0 Å². The number of aliphatic hydroxyl groups excluding tert-OH is 2. The second-order valence-corrected chi connectivity index (χ2v) is 4.56. The number of hydrogen-bond acceptors (Lipinski definition) is 7. The van der Waals surface area contributed by atoms with Crippen LogP contribution in [-0.4, -0.2) is 48.5 Å². The molecule has 2 aromatic rings. The molecule has 0 aliphatic carbocycles. The number of aromatic nitrogens is 4. The number of nitrogen functional groups attached to an aromatic ring is 1. The minimum atomic E-state index is -0.902. The van der Waals surface area contributed by atoms with Gasteiger partial charge in [-0.3, -0.25) is 14.8 Å². The standard InChI is InChI=1S/C10H13N5O5/c11-9-13-7-6(8(18)14-9)12-10(19)15(7)5-1-3(17)4(2-16)20-5/h3-5,16-17H,1-2H2,(H,12,19)(H3,11,13,14,18)/t3-,4-,5-/m0/s1/i9+1,11+1,14+1. The molecular formula is C10H13N5O5. The van der Waals surface area contributed by atoms with Gasteiger partial charge in [-0.1, -0.05) is 0 Å². The number of nitrogens with one attached hydrogen (secondary N) is 2. The first kappa shape index (κ1) is 12.8. The molecule has 2 aromatic heterocycles. The smallest absolute Gasteiger partial charge is 0.329 e. The lowest BCUT2D eigenvalue weighted by Gasteiger charge is -2.12. The summed E-state index contributed by atoms with van der Waals surface area (Å²) in [5.74, 6) is -0.132. The second kappa shape index (κ2) is 4.44. The van der Waals surface area contributed by atoms with Crippen LogP contribution in [0.3, 0.4) is 0 Å². The lowest BCUT2D eigenvalue weighted by molar-refractivity contribution is -0.0441. The number of imidazole rings is 1. The highest BCUT2D eigenvalue weighted by atomic mass is 16.5. The Balaban J connectivity index is 2.15. The molecule has 10 heteroatoms. The third-order valence-electron chi connectivity index (χ3n) is 3.27. The number of fused-ring (bicyclic) bond motifs is 1. The van der Waals surface area contributed by atoms with Gasteiger partial charge in [0.2, 0.25) is 5.95 Å². The summed E-state index contributed by atoms with van der Waals surface area (Å²) in [6, 6.07) is 0. The second-order valence-electron chi connectivity index (χ2n) is 4.56. The quantitative estimate of drug-likeness (QED) is 0.386. The minimum absolute atomic E-state index is 0.0188. The van der Waals surface area contributed by atoms with E-state index in [1.165, 1.54) is 0 Å². The van der Waals surface area contributed by atoms with Gasteiger partial charge in [0.05, 0.1) is 12.7 Å². The molecule has 0 amide bonds. The molecule has 0 unspecified atom stereocenters. The summed E-state index contributed by atoms with van der Waals surface area (Å²) in [6.07, 6.45) is -2.40. The van der Waals surface area contributed by atoms with Crippen molar-refractivity contribution in [2.24, 2.45) is 0 Å². The third kappa shape index (κ3) is 1.81. The molecule has 0 bridgehead atoms. The van der Waals surface area contributed by atoms with Crippen LogP contribution in [0.5, 0.6) is 0 Å². The molecule has 1 saturated heterocycles. The van der Waals surface area contributed by atoms with E-state index in [0.717, 1.165) is 4.57 Å². The first-order chi connectivity index (χ1) is 9.51. The van der Waals surface area contributed by atoms with Crippen molar-refractivity contribution in [1.82, 2.24) is 19.5 Å². The van der Waals surface area contributed by atoms with E-state index in [4.69, 9.17) is 15.6 Å². The normalized spacial score (nSPS) is 26.4. The van der Waals surface area contributed by atoms with Crippen LogP contribution in [0.2, 0.25) is 0 Å². The summed E-state index contributed by atoms with van der Waals surface area (Å²) in [5, 5.41) is 18.8. The molecule has 0 radical (unpaired) electrons. The van der Waals surface area contributed by atoms with Crippen molar-refractivity contribution >= 4 is 17.1 Å². The SMILES string of the molecule is [15NH2][13c]1nc2c([nH]c(=O)n2[C@@H]2C[C@H](O)[C@H](CO)O2)c(=O)[15nH]1. The number of nitrogens with zero attached hydrogens (tertiary/aromatic N) is 2. The highest BCUT2D eigenvalue weighted by Crippen LogP contribution is 2.28. The van der Waals surface area contributed by atoms with Crippen molar-refractivity contribution in [2.45, 2.75) is 24.9 Å². The Bertz CT molecular complexity index is 761. The van der Waals surface area contributed by atoms with Crippen LogP contribution in [-0.2, 0) is 4.74 Å². The topological polar surface area (TPSA) is 159 Å². The van der Waals surface area contributed by atoms with Crippen molar-refractivity contribution in [3.05, 3.63) is 20.8 Å². The van der Waals surface area contributed by atoms with Crippen molar-refractivity contribution in [3.8, 4) is 0 Å². The molecule has 0 saturated carbocycles. The molecule has 6 N–H and O–H groups in total. The van der Waals surface area contributed by atoms with E-state index >= 15 is 0 Å². The van der Waals surface area contributed by atoms with Crippen molar-refractivity contribution in [1.29, 1.82) is 0 Å². The van der Waals surface area contributed by atoms with Gasteiger partial charge in [0, 0.05) is 6.42 Å². The molecule has 1 aliphatic heterocycles. The van der Waals surface area contributed by atoms with Gasteiger partial charge >= 0.3 is 5.69 Å². The molecule has 0 aromatic carbocycles. The predicted octanol–water partition coefficient (Wildman–Crippen LogP) is -2.36. The van der Waals surface area contributed by atoms with Crippen LogP contribution in [0.15, 0.2) is 9.59 Å². The largest absolute Gasteiger partial charge is 0.394 e. The van der Waals surface area contributed by atoms with E-state index in [9.17, 15) is 14.7 Å². The molecule has 10 nitrogen and oxygen atoms in total. The molecule has 1 fully saturated rings. The third-order valence-corrected chi connectivity index (χ3v) is 3.27. The van der Waals surface area contributed by atoms with Crippen LogP contribution >= 0.6 is 0 Å². The fraction of sp³-hybridized carbons (Fsp3) is 0.500. The lowest BCUT2D eigenvalue weighted by Crippen LogP contribution is -2.25. The van der Waals surface area contributed by atoms with Crippen LogP contribution in [0.1, 0.15) is 12.6 Å². The van der Waals surface area contributed by atoms with Gasteiger partial charge in [0.15, 0.2) is 11.2 Å². The number of aliphatic hydroxyl groups is 2. The number of nitrogens with two attached hydrogens (primary N) is 1. The Morgan fingerprint density at radius 2 is 2.20 bits per heavy atom. The van der Waals surface area contributed by atoms with Crippen LogP contribution < -0.4 is 17.0 Å². The van der Waals surface area contributed by atoms with Crippen molar-refractivity contribution < 1.29 is 14.9 Å². The summed E-state index contributed by atoms with van der Waals surface area (Å²) in [5.41, 5.74) is 4.32. The first-order valence-electron chi connectivity index (χ1n) is 5.95. The molecule has 3 heterocycles. The number of ether oxygens (including phenoxy) is 1. The lowest BCUT2D eigenvalue weighted by atomic mass is 10.2. The minimum Gasteiger partial charge on any atom is -0.394 e. The molecule has 3 rings (SSSR count). The van der Waals surface area contributed by atoms with Gasteiger partial charge < -0.3 is 20.7 Å². The zero-order chi connectivity index (χ0) is 14.4. The molecule has 20 heavy (non-hydrogen) atoms. The van der Waals surface area contributed by atoms with Crippen LogP contribution in [0.25, 0.3) is 11.2 Å². The van der Waals surface area contributed by atoms with E-state index in [-0.39, 0.29) is 30.1 Å². The zero-order valence-corrected chi connectivity index (χ0v) is 10.2. The average Bonchev–Trinajstić information content (AvgIpc) is 2.89. The predicted molar refractivity (Wildman–Crippen MR) is 67.0 cm³/mol. The van der Waals surface area contributed by atoms with E-state index in [0.29, 0.717) is 0 Å². The number of anilines is 1. The summed E-state index contributed by atoms with van der Waals surface area (Å²) < 4.78 is 6.50. The summed E-state index contributed by atoms with van der Waals surface area (Å²) >= 11 is 0. The van der Waals surface area contributed by atoms with Crippen molar-refractivity contribution in [2.75, 3.05) is 12.3 Å². The molecular weight excluding hydrogens is 273 g/mol. The Labute approximate surface area is 110 Å². The zero-order valence-electron chi connectivity index (χ0n) is 10.2. The summed E-state index contributed by atoms with van der Waals surface area (Å²) in [6.45, 7) is -0.370. The van der Waals surface area contributed by atoms with Crippen LogP contribution in [0.4, 0.5) is 5.95 Å². The maximum absolute atomic E-state index is 11.9.